The van der Waals surface area contributed by atoms with Gasteiger partial charge in [0.1, 0.15) is 6.61 Å². The number of aliphatic hydroxyl groups is 1. The zero-order chi connectivity index (χ0) is 15.5. The first kappa shape index (κ1) is 15.6. The lowest BCUT2D eigenvalue weighted by Gasteiger charge is -2.51. The fourth-order valence-corrected chi connectivity index (χ4v) is 2.62. The molecule has 1 aliphatic carbocycles. The van der Waals surface area contributed by atoms with Gasteiger partial charge >= 0.3 is 0 Å². The Bertz CT molecular complexity index is 566. The number of hydrogen-bond acceptors (Lipinski definition) is 3. The first-order chi connectivity index (χ1) is 9.98. The van der Waals surface area contributed by atoms with Gasteiger partial charge in [0.2, 0.25) is 0 Å². The quantitative estimate of drug-likeness (QED) is 0.830. The zero-order valence-electron chi connectivity index (χ0n) is 12.6. The molecule has 0 aliphatic heterocycles. The summed E-state index contributed by atoms with van der Waals surface area (Å²) in [7, 11) is 1.70. The lowest BCUT2D eigenvalue weighted by molar-refractivity contribution is -0.0942. The molecule has 1 aromatic rings. The van der Waals surface area contributed by atoms with Crippen LogP contribution in [0.2, 0.25) is 0 Å². The van der Waals surface area contributed by atoms with Crippen molar-refractivity contribution in [1.82, 2.24) is 5.32 Å². The molecule has 2 rings (SSSR count). The Balaban J connectivity index is 1.98. The van der Waals surface area contributed by atoms with Crippen molar-refractivity contribution in [2.24, 2.45) is 5.41 Å². The Kier molecular flexibility index (Phi) is 4.66. The number of carbonyl (C=O) groups is 1. The molecule has 0 aromatic heterocycles. The largest absolute Gasteiger partial charge is 0.384 e. The van der Waals surface area contributed by atoms with Crippen LogP contribution in [0.1, 0.15) is 36.2 Å². The Hall–Kier alpha value is -1.83. The predicted molar refractivity (Wildman–Crippen MR) is 80.9 cm³/mol. The second kappa shape index (κ2) is 6.30. The second-order valence-corrected chi connectivity index (χ2v) is 5.84. The van der Waals surface area contributed by atoms with E-state index in [4.69, 9.17) is 9.84 Å². The van der Waals surface area contributed by atoms with Crippen LogP contribution in [-0.2, 0) is 4.74 Å². The Morgan fingerprint density at radius 1 is 1.43 bits per heavy atom. The zero-order valence-corrected chi connectivity index (χ0v) is 12.6. The second-order valence-electron chi connectivity index (χ2n) is 5.84. The summed E-state index contributed by atoms with van der Waals surface area (Å²) in [6.07, 6.45) is 1.04. The number of nitrogens with one attached hydrogen (secondary N) is 1. The number of amides is 1. The first-order valence-corrected chi connectivity index (χ1v) is 7.02. The molecule has 2 atom stereocenters. The Labute approximate surface area is 125 Å². The Morgan fingerprint density at radius 3 is 2.62 bits per heavy atom. The molecular weight excluding hydrogens is 266 g/mol. The normalized spacial score (nSPS) is 22.7. The van der Waals surface area contributed by atoms with Crippen molar-refractivity contribution in [2.45, 2.75) is 32.4 Å². The van der Waals surface area contributed by atoms with Gasteiger partial charge in [0.05, 0.1) is 6.10 Å². The summed E-state index contributed by atoms with van der Waals surface area (Å²) >= 11 is 0. The molecule has 112 valence electrons. The number of carbonyl (C=O) groups excluding carboxylic acids is 1. The maximum absolute atomic E-state index is 12.2. The van der Waals surface area contributed by atoms with Gasteiger partial charge in [0.15, 0.2) is 0 Å². The molecule has 4 heteroatoms. The highest BCUT2D eigenvalue weighted by molar-refractivity contribution is 5.94. The van der Waals surface area contributed by atoms with Crippen molar-refractivity contribution < 1.29 is 14.6 Å². The minimum absolute atomic E-state index is 0.0447. The average molecular weight is 287 g/mol. The molecule has 2 unspecified atom stereocenters. The summed E-state index contributed by atoms with van der Waals surface area (Å²) in [6, 6.07) is 7.18. The van der Waals surface area contributed by atoms with Gasteiger partial charge in [-0.15, -0.1) is 0 Å². The van der Waals surface area contributed by atoms with E-state index in [2.05, 4.69) is 31.0 Å². The highest BCUT2D eigenvalue weighted by atomic mass is 16.5. The van der Waals surface area contributed by atoms with E-state index in [1.165, 1.54) is 0 Å². The van der Waals surface area contributed by atoms with Crippen LogP contribution in [0, 0.1) is 17.3 Å². The van der Waals surface area contributed by atoms with Gasteiger partial charge in [0.25, 0.3) is 5.91 Å². The molecule has 21 heavy (non-hydrogen) atoms. The molecule has 4 nitrogen and oxygen atoms in total. The number of rotatable bonds is 3. The van der Waals surface area contributed by atoms with Crippen molar-refractivity contribution in [3.8, 4) is 11.8 Å². The molecule has 0 bridgehead atoms. The molecule has 0 saturated heterocycles. The number of ether oxygens (including phenoxy) is 1. The van der Waals surface area contributed by atoms with E-state index in [-0.39, 0.29) is 30.1 Å². The highest BCUT2D eigenvalue weighted by Crippen LogP contribution is 2.42. The van der Waals surface area contributed by atoms with Gasteiger partial charge in [-0.1, -0.05) is 25.7 Å². The van der Waals surface area contributed by atoms with E-state index in [1.54, 1.807) is 31.4 Å². The van der Waals surface area contributed by atoms with Gasteiger partial charge in [-0.25, -0.2) is 0 Å². The van der Waals surface area contributed by atoms with Crippen LogP contribution < -0.4 is 5.32 Å². The van der Waals surface area contributed by atoms with Crippen molar-refractivity contribution in [3.63, 3.8) is 0 Å². The minimum atomic E-state index is -0.167. The predicted octanol–water partition coefficient (Wildman–Crippen LogP) is 1.57. The number of aliphatic hydroxyl groups excluding tert-OH is 1. The molecule has 0 spiro atoms. The summed E-state index contributed by atoms with van der Waals surface area (Å²) in [5, 5.41) is 11.7. The summed E-state index contributed by atoms with van der Waals surface area (Å²) in [5.41, 5.74) is 1.35. The van der Waals surface area contributed by atoms with E-state index >= 15 is 0 Å². The van der Waals surface area contributed by atoms with E-state index in [0.717, 1.165) is 12.0 Å². The van der Waals surface area contributed by atoms with E-state index in [9.17, 15) is 4.79 Å². The standard InChI is InChI=1S/C17H21NO3/c1-17(2)14(11-15(17)21-3)18-16(20)13-8-6-12(7-9-13)5-4-10-19/h6-9,14-15,19H,10-11H2,1-3H3,(H,18,20). The molecule has 1 amide bonds. The van der Waals surface area contributed by atoms with Crippen molar-refractivity contribution in [1.29, 1.82) is 0 Å². The lowest BCUT2D eigenvalue weighted by atomic mass is 9.64. The third kappa shape index (κ3) is 3.26. The van der Waals surface area contributed by atoms with Crippen LogP contribution in [0.5, 0.6) is 0 Å². The maximum atomic E-state index is 12.2. The first-order valence-electron chi connectivity index (χ1n) is 7.02. The summed E-state index contributed by atoms with van der Waals surface area (Å²) < 4.78 is 5.39. The maximum Gasteiger partial charge on any atom is 0.251 e. The van der Waals surface area contributed by atoms with Gasteiger partial charge < -0.3 is 15.2 Å². The monoisotopic (exact) mass is 287 g/mol. The van der Waals surface area contributed by atoms with Crippen molar-refractivity contribution >= 4 is 5.91 Å². The van der Waals surface area contributed by atoms with Gasteiger partial charge in [-0.05, 0) is 30.7 Å². The minimum Gasteiger partial charge on any atom is -0.384 e. The fraction of sp³-hybridized carbons (Fsp3) is 0.471. The summed E-state index contributed by atoms with van der Waals surface area (Å²) in [6.45, 7) is 4.03. The smallest absolute Gasteiger partial charge is 0.251 e. The van der Waals surface area contributed by atoms with Crippen molar-refractivity contribution in [3.05, 3.63) is 35.4 Å². The lowest BCUT2D eigenvalue weighted by Crippen LogP contribution is -2.61. The molecule has 1 fully saturated rings. The van der Waals surface area contributed by atoms with Crippen LogP contribution in [-0.4, -0.2) is 36.9 Å². The number of benzene rings is 1. The van der Waals surface area contributed by atoms with Crippen LogP contribution >= 0.6 is 0 Å². The van der Waals surface area contributed by atoms with Gasteiger partial charge in [-0.2, -0.15) is 0 Å². The van der Waals surface area contributed by atoms with Crippen LogP contribution in [0.25, 0.3) is 0 Å². The molecule has 2 N–H and O–H groups in total. The summed E-state index contributed by atoms with van der Waals surface area (Å²) in [4.78, 5) is 12.2. The molecule has 1 saturated carbocycles. The third-order valence-corrected chi connectivity index (χ3v) is 4.23. The average Bonchev–Trinajstić information content (AvgIpc) is 2.49. The van der Waals surface area contributed by atoms with Crippen LogP contribution in [0.3, 0.4) is 0 Å². The van der Waals surface area contributed by atoms with Crippen LogP contribution in [0.4, 0.5) is 0 Å². The molecule has 1 aromatic carbocycles. The Morgan fingerprint density at radius 2 is 2.10 bits per heavy atom. The molecule has 0 heterocycles. The molecule has 0 radical (unpaired) electrons. The molecule has 1 aliphatic rings. The number of hydrogen-bond donors (Lipinski definition) is 2. The van der Waals surface area contributed by atoms with E-state index in [0.29, 0.717) is 5.56 Å². The van der Waals surface area contributed by atoms with Gasteiger partial charge in [-0.3, -0.25) is 4.79 Å². The SMILES string of the molecule is COC1CC(NC(=O)c2ccc(C#CCO)cc2)C1(C)C. The van der Waals surface area contributed by atoms with Gasteiger partial charge in [0, 0.05) is 29.7 Å². The van der Waals surface area contributed by atoms with Crippen molar-refractivity contribution in [2.75, 3.05) is 13.7 Å². The summed E-state index contributed by atoms with van der Waals surface area (Å²) in [5.74, 6) is 5.30. The number of methoxy groups -OCH3 is 1. The van der Waals surface area contributed by atoms with E-state index in [1.807, 2.05) is 0 Å². The topological polar surface area (TPSA) is 58.6 Å². The fourth-order valence-electron chi connectivity index (χ4n) is 2.62. The molecular formula is C17H21NO3. The highest BCUT2D eigenvalue weighted by Gasteiger charge is 2.49. The van der Waals surface area contributed by atoms with Crippen LogP contribution in [0.15, 0.2) is 24.3 Å². The van der Waals surface area contributed by atoms with E-state index < -0.39 is 0 Å². The third-order valence-electron chi connectivity index (χ3n) is 4.23.